The third-order valence-electron chi connectivity index (χ3n) is 3.95. The number of nitrogens with one attached hydrogen (secondary N) is 1. The Bertz CT molecular complexity index is 441. The number of aliphatic carboxylic acids is 1. The molecule has 1 aliphatic rings. The van der Waals surface area contributed by atoms with Crippen molar-refractivity contribution in [3.05, 3.63) is 29.8 Å². The molecule has 0 spiro atoms. The van der Waals surface area contributed by atoms with E-state index in [1.165, 1.54) is 5.56 Å². The number of carboxylic acid groups (broad SMARTS) is 1. The Morgan fingerprint density at radius 1 is 1.47 bits per heavy atom. The molecule has 0 aliphatic heterocycles. The first-order chi connectivity index (χ1) is 9.16. The van der Waals surface area contributed by atoms with Gasteiger partial charge in [-0.05, 0) is 43.5 Å². The molecule has 0 saturated heterocycles. The van der Waals surface area contributed by atoms with Crippen molar-refractivity contribution in [2.75, 3.05) is 20.2 Å². The van der Waals surface area contributed by atoms with Crippen molar-refractivity contribution in [1.29, 1.82) is 0 Å². The Labute approximate surface area is 113 Å². The number of ether oxygens (including phenoxy) is 1. The van der Waals surface area contributed by atoms with E-state index in [-0.39, 0.29) is 0 Å². The minimum atomic E-state index is -0.660. The molecule has 0 heterocycles. The van der Waals surface area contributed by atoms with Crippen molar-refractivity contribution in [2.45, 2.75) is 25.7 Å². The zero-order valence-electron chi connectivity index (χ0n) is 11.3. The topological polar surface area (TPSA) is 58.6 Å². The molecule has 1 aromatic carbocycles. The van der Waals surface area contributed by atoms with Crippen LogP contribution in [0.4, 0.5) is 0 Å². The smallest absolute Gasteiger partial charge is 0.310 e. The standard InChI is InChI=1S/C15H21NO3/c1-19-13-5-2-4-12(10-13)6-9-16-11-15(14(17)18)7-3-8-15/h2,4-5,10,16H,3,6-9,11H2,1H3,(H,17,18). The summed E-state index contributed by atoms with van der Waals surface area (Å²) in [7, 11) is 1.66. The molecule has 2 N–H and O–H groups in total. The predicted molar refractivity (Wildman–Crippen MR) is 73.5 cm³/mol. The normalized spacial score (nSPS) is 16.7. The van der Waals surface area contributed by atoms with Gasteiger partial charge in [-0.15, -0.1) is 0 Å². The molecule has 0 radical (unpaired) electrons. The molecule has 4 heteroatoms. The number of carboxylic acids is 1. The molecule has 0 aromatic heterocycles. The molecule has 0 unspecified atom stereocenters. The van der Waals surface area contributed by atoms with Gasteiger partial charge in [-0.1, -0.05) is 18.6 Å². The molecular formula is C15H21NO3. The third-order valence-corrected chi connectivity index (χ3v) is 3.95. The Balaban J connectivity index is 1.76. The van der Waals surface area contributed by atoms with Crippen molar-refractivity contribution in [1.82, 2.24) is 5.32 Å². The maximum atomic E-state index is 11.2. The lowest BCUT2D eigenvalue weighted by atomic mass is 9.69. The van der Waals surface area contributed by atoms with Crippen molar-refractivity contribution in [3.63, 3.8) is 0 Å². The summed E-state index contributed by atoms with van der Waals surface area (Å²) in [6, 6.07) is 7.96. The number of hydrogen-bond donors (Lipinski definition) is 2. The van der Waals surface area contributed by atoms with Gasteiger partial charge >= 0.3 is 5.97 Å². The van der Waals surface area contributed by atoms with Crippen LogP contribution in [0.5, 0.6) is 5.75 Å². The minimum absolute atomic E-state index is 0.506. The third kappa shape index (κ3) is 3.26. The molecule has 0 amide bonds. The zero-order valence-corrected chi connectivity index (χ0v) is 11.3. The SMILES string of the molecule is COc1cccc(CCNCC2(C(=O)O)CCC2)c1. The van der Waals surface area contributed by atoms with Crippen molar-refractivity contribution >= 4 is 5.97 Å². The van der Waals surface area contributed by atoms with Crippen LogP contribution in [0.1, 0.15) is 24.8 Å². The van der Waals surface area contributed by atoms with Crippen LogP contribution in [-0.2, 0) is 11.2 Å². The zero-order chi connectivity index (χ0) is 13.7. The average Bonchev–Trinajstić information content (AvgIpc) is 2.36. The van der Waals surface area contributed by atoms with Crippen LogP contribution in [0.2, 0.25) is 0 Å². The summed E-state index contributed by atoms with van der Waals surface area (Å²) in [4.78, 5) is 11.2. The van der Waals surface area contributed by atoms with Crippen molar-refractivity contribution in [2.24, 2.45) is 5.41 Å². The Morgan fingerprint density at radius 2 is 2.26 bits per heavy atom. The maximum Gasteiger partial charge on any atom is 0.310 e. The summed E-state index contributed by atoms with van der Waals surface area (Å²) in [5, 5.41) is 12.5. The molecule has 1 saturated carbocycles. The fourth-order valence-corrected chi connectivity index (χ4v) is 2.46. The summed E-state index contributed by atoms with van der Waals surface area (Å²) in [6.07, 6.45) is 3.51. The van der Waals surface area contributed by atoms with Crippen LogP contribution in [-0.4, -0.2) is 31.3 Å². The van der Waals surface area contributed by atoms with Crippen molar-refractivity contribution in [3.8, 4) is 5.75 Å². The van der Waals surface area contributed by atoms with E-state index in [0.717, 1.165) is 38.0 Å². The number of benzene rings is 1. The summed E-state index contributed by atoms with van der Waals surface area (Å²) < 4.78 is 5.18. The highest BCUT2D eigenvalue weighted by molar-refractivity contribution is 5.76. The molecule has 1 aromatic rings. The second kappa shape index (κ2) is 6.06. The van der Waals surface area contributed by atoms with Crippen LogP contribution in [0, 0.1) is 5.41 Å². The Morgan fingerprint density at radius 3 is 2.84 bits per heavy atom. The molecule has 0 atom stereocenters. The quantitative estimate of drug-likeness (QED) is 0.739. The van der Waals surface area contributed by atoms with Gasteiger partial charge in [0.1, 0.15) is 5.75 Å². The summed E-state index contributed by atoms with van der Waals surface area (Å²) >= 11 is 0. The van der Waals surface area contributed by atoms with Crippen LogP contribution >= 0.6 is 0 Å². The Kier molecular flexibility index (Phi) is 4.43. The van der Waals surface area contributed by atoms with E-state index >= 15 is 0 Å². The fraction of sp³-hybridized carbons (Fsp3) is 0.533. The van der Waals surface area contributed by atoms with E-state index in [4.69, 9.17) is 4.74 Å². The van der Waals surface area contributed by atoms with Gasteiger partial charge in [-0.3, -0.25) is 4.79 Å². The van der Waals surface area contributed by atoms with Gasteiger partial charge in [-0.2, -0.15) is 0 Å². The summed E-state index contributed by atoms with van der Waals surface area (Å²) in [5.41, 5.74) is 0.693. The van der Waals surface area contributed by atoms with Gasteiger partial charge in [0, 0.05) is 6.54 Å². The highest BCUT2D eigenvalue weighted by atomic mass is 16.5. The van der Waals surface area contributed by atoms with E-state index < -0.39 is 11.4 Å². The minimum Gasteiger partial charge on any atom is -0.497 e. The van der Waals surface area contributed by atoms with Crippen LogP contribution in [0.3, 0.4) is 0 Å². The summed E-state index contributed by atoms with van der Waals surface area (Å²) in [5.74, 6) is 0.200. The molecule has 2 rings (SSSR count). The van der Waals surface area contributed by atoms with Crippen LogP contribution in [0.25, 0.3) is 0 Å². The van der Waals surface area contributed by atoms with Gasteiger partial charge in [0.2, 0.25) is 0 Å². The number of hydrogen-bond acceptors (Lipinski definition) is 3. The molecule has 1 aliphatic carbocycles. The largest absolute Gasteiger partial charge is 0.497 e. The van der Waals surface area contributed by atoms with Gasteiger partial charge < -0.3 is 15.2 Å². The van der Waals surface area contributed by atoms with Gasteiger partial charge in [0.25, 0.3) is 0 Å². The lowest BCUT2D eigenvalue weighted by molar-refractivity contribution is -0.154. The second-order valence-corrected chi connectivity index (χ2v) is 5.22. The van der Waals surface area contributed by atoms with E-state index in [1.807, 2.05) is 18.2 Å². The predicted octanol–water partition coefficient (Wildman–Crippen LogP) is 2.08. The average molecular weight is 263 g/mol. The first-order valence-corrected chi connectivity index (χ1v) is 6.73. The monoisotopic (exact) mass is 263 g/mol. The van der Waals surface area contributed by atoms with Gasteiger partial charge in [0.15, 0.2) is 0 Å². The summed E-state index contributed by atoms with van der Waals surface area (Å²) in [6.45, 7) is 1.37. The van der Waals surface area contributed by atoms with E-state index in [9.17, 15) is 9.90 Å². The van der Waals surface area contributed by atoms with E-state index in [2.05, 4.69) is 11.4 Å². The maximum absolute atomic E-state index is 11.2. The van der Waals surface area contributed by atoms with E-state index in [0.29, 0.717) is 6.54 Å². The molecule has 104 valence electrons. The molecule has 4 nitrogen and oxygen atoms in total. The number of carbonyl (C=O) groups is 1. The molecular weight excluding hydrogens is 242 g/mol. The number of methoxy groups -OCH3 is 1. The van der Waals surface area contributed by atoms with Gasteiger partial charge in [-0.25, -0.2) is 0 Å². The highest BCUT2D eigenvalue weighted by Gasteiger charge is 2.43. The van der Waals surface area contributed by atoms with Crippen molar-refractivity contribution < 1.29 is 14.6 Å². The fourth-order valence-electron chi connectivity index (χ4n) is 2.46. The second-order valence-electron chi connectivity index (χ2n) is 5.22. The first kappa shape index (κ1) is 13.9. The van der Waals surface area contributed by atoms with Crippen LogP contribution in [0.15, 0.2) is 24.3 Å². The lowest BCUT2D eigenvalue weighted by Gasteiger charge is -2.37. The first-order valence-electron chi connectivity index (χ1n) is 6.73. The highest BCUT2D eigenvalue weighted by Crippen LogP contribution is 2.40. The van der Waals surface area contributed by atoms with E-state index in [1.54, 1.807) is 7.11 Å². The molecule has 1 fully saturated rings. The van der Waals surface area contributed by atoms with Gasteiger partial charge in [0.05, 0.1) is 12.5 Å². The lowest BCUT2D eigenvalue weighted by Crippen LogP contribution is -2.46. The Hall–Kier alpha value is -1.55. The number of rotatable bonds is 7. The molecule has 19 heavy (non-hydrogen) atoms. The molecule has 0 bridgehead atoms. The van der Waals surface area contributed by atoms with Crippen LogP contribution < -0.4 is 10.1 Å².